The topological polar surface area (TPSA) is 71.3 Å². The van der Waals surface area contributed by atoms with E-state index in [-0.39, 0.29) is 10.8 Å². The van der Waals surface area contributed by atoms with E-state index in [1.54, 1.807) is 0 Å². The van der Waals surface area contributed by atoms with Crippen molar-refractivity contribution in [2.75, 3.05) is 32.0 Å². The molecule has 1 aliphatic rings. The summed E-state index contributed by atoms with van der Waals surface area (Å²) in [5, 5.41) is 14.0. The molecule has 0 aliphatic carbocycles. The summed E-state index contributed by atoms with van der Waals surface area (Å²) >= 11 is 5.77. The number of rotatable bonds is 4. The van der Waals surface area contributed by atoms with Gasteiger partial charge in [-0.2, -0.15) is 0 Å². The molecule has 0 amide bonds. The number of anilines is 1. The maximum atomic E-state index is 10.7. The van der Waals surface area contributed by atoms with E-state index >= 15 is 0 Å². The first-order valence-corrected chi connectivity index (χ1v) is 6.67. The van der Waals surface area contributed by atoms with Crippen LogP contribution in [-0.2, 0) is 0 Å². The van der Waals surface area contributed by atoms with Crippen LogP contribution in [0.3, 0.4) is 0 Å². The van der Waals surface area contributed by atoms with Gasteiger partial charge in [-0.25, -0.2) is 4.98 Å². The highest BCUT2D eigenvalue weighted by Gasteiger charge is 2.17. The van der Waals surface area contributed by atoms with Crippen LogP contribution in [0.2, 0.25) is 5.15 Å². The summed E-state index contributed by atoms with van der Waals surface area (Å²) in [5.74, 6) is 1.01. The molecule has 0 bridgehead atoms. The zero-order valence-electron chi connectivity index (χ0n) is 10.8. The number of aromatic nitrogens is 1. The zero-order chi connectivity index (χ0) is 13.8. The first kappa shape index (κ1) is 14.0. The number of hydrogen-bond acceptors (Lipinski definition) is 5. The van der Waals surface area contributed by atoms with E-state index in [1.807, 2.05) is 0 Å². The third-order valence-electron chi connectivity index (χ3n) is 3.28. The van der Waals surface area contributed by atoms with E-state index in [9.17, 15) is 10.1 Å². The van der Waals surface area contributed by atoms with Crippen molar-refractivity contribution in [3.63, 3.8) is 0 Å². The minimum atomic E-state index is -0.465. The van der Waals surface area contributed by atoms with Crippen LogP contribution in [0.15, 0.2) is 12.1 Å². The zero-order valence-corrected chi connectivity index (χ0v) is 11.6. The number of nitro groups is 1. The van der Waals surface area contributed by atoms with Crippen molar-refractivity contribution in [1.82, 2.24) is 9.88 Å². The first-order chi connectivity index (χ1) is 9.04. The Labute approximate surface area is 116 Å². The van der Waals surface area contributed by atoms with Crippen LogP contribution in [0.4, 0.5) is 11.5 Å². The predicted octanol–water partition coefficient (Wildman–Crippen LogP) is 2.40. The molecule has 1 aromatic rings. The second-order valence-corrected chi connectivity index (χ2v) is 5.33. The summed E-state index contributed by atoms with van der Waals surface area (Å²) < 4.78 is 0. The lowest BCUT2D eigenvalue weighted by Crippen LogP contribution is -2.35. The molecule has 7 heteroatoms. The summed E-state index contributed by atoms with van der Waals surface area (Å²) in [6.07, 6.45) is 2.35. The van der Waals surface area contributed by atoms with Gasteiger partial charge in [0.05, 0.1) is 17.1 Å². The summed E-state index contributed by atoms with van der Waals surface area (Å²) in [6.45, 7) is 2.93. The molecule has 1 aliphatic heterocycles. The van der Waals surface area contributed by atoms with E-state index in [0.29, 0.717) is 11.7 Å². The van der Waals surface area contributed by atoms with Gasteiger partial charge in [0.25, 0.3) is 5.69 Å². The normalized spacial score (nSPS) is 20.2. The molecule has 0 saturated carbocycles. The van der Waals surface area contributed by atoms with Crippen molar-refractivity contribution in [3.05, 3.63) is 27.4 Å². The molecule has 19 heavy (non-hydrogen) atoms. The smallest absolute Gasteiger partial charge is 0.276 e. The number of piperidine rings is 1. The number of nitrogens with zero attached hydrogens (tertiary/aromatic N) is 3. The van der Waals surface area contributed by atoms with Crippen LogP contribution in [-0.4, -0.2) is 41.5 Å². The van der Waals surface area contributed by atoms with Crippen LogP contribution < -0.4 is 5.32 Å². The van der Waals surface area contributed by atoms with Gasteiger partial charge in [-0.05, 0) is 32.4 Å². The van der Waals surface area contributed by atoms with Gasteiger partial charge < -0.3 is 10.2 Å². The molecule has 2 rings (SSSR count). The number of nitrogens with one attached hydrogen (secondary N) is 1. The minimum absolute atomic E-state index is 0.0386. The van der Waals surface area contributed by atoms with Gasteiger partial charge in [-0.3, -0.25) is 10.1 Å². The molecule has 1 saturated heterocycles. The molecule has 0 radical (unpaired) electrons. The van der Waals surface area contributed by atoms with Gasteiger partial charge >= 0.3 is 0 Å². The van der Waals surface area contributed by atoms with Crippen LogP contribution in [0.5, 0.6) is 0 Å². The number of pyridine rings is 1. The van der Waals surface area contributed by atoms with Crippen molar-refractivity contribution in [2.45, 2.75) is 12.8 Å². The monoisotopic (exact) mass is 284 g/mol. The Hall–Kier alpha value is -1.40. The van der Waals surface area contributed by atoms with Gasteiger partial charge in [-0.15, -0.1) is 0 Å². The highest BCUT2D eigenvalue weighted by Crippen LogP contribution is 2.21. The van der Waals surface area contributed by atoms with E-state index in [4.69, 9.17) is 11.6 Å². The lowest BCUT2D eigenvalue weighted by molar-refractivity contribution is -0.384. The highest BCUT2D eigenvalue weighted by molar-refractivity contribution is 6.29. The molecule has 104 valence electrons. The third kappa shape index (κ3) is 4.04. The lowest BCUT2D eigenvalue weighted by atomic mass is 9.98. The second-order valence-electron chi connectivity index (χ2n) is 4.94. The molecule has 1 fully saturated rings. The van der Waals surface area contributed by atoms with Gasteiger partial charge in [0.1, 0.15) is 11.0 Å². The lowest BCUT2D eigenvalue weighted by Gasteiger charge is -2.29. The fraction of sp³-hybridized carbons (Fsp3) is 0.583. The molecule has 2 heterocycles. The number of halogens is 1. The van der Waals surface area contributed by atoms with Crippen LogP contribution in [0.1, 0.15) is 12.8 Å². The standard InChI is InChI=1S/C12H17ClN4O2/c1-16-4-2-3-9(8-16)7-14-12-6-10(17(18)19)5-11(13)15-12/h5-6,9H,2-4,7-8H2,1H3,(H,14,15). The third-order valence-corrected chi connectivity index (χ3v) is 3.48. The average Bonchev–Trinajstić information content (AvgIpc) is 2.36. The summed E-state index contributed by atoms with van der Waals surface area (Å²) in [7, 11) is 2.11. The molecule has 6 nitrogen and oxygen atoms in total. The van der Waals surface area contributed by atoms with E-state index in [0.717, 1.165) is 19.6 Å². The fourth-order valence-corrected chi connectivity index (χ4v) is 2.57. The Balaban J connectivity index is 1.97. The molecule has 1 N–H and O–H groups in total. The molecular formula is C12H17ClN4O2. The quantitative estimate of drug-likeness (QED) is 0.522. The molecule has 1 unspecified atom stereocenters. The molecule has 0 spiro atoms. The van der Waals surface area contributed by atoms with E-state index in [1.165, 1.54) is 25.0 Å². The Morgan fingerprint density at radius 1 is 1.63 bits per heavy atom. The molecule has 0 aromatic carbocycles. The Morgan fingerprint density at radius 2 is 2.42 bits per heavy atom. The second kappa shape index (κ2) is 6.16. The van der Waals surface area contributed by atoms with Crippen molar-refractivity contribution in [1.29, 1.82) is 0 Å². The Bertz CT molecular complexity index is 469. The van der Waals surface area contributed by atoms with Crippen LogP contribution >= 0.6 is 11.6 Å². The number of likely N-dealkylation sites (tertiary alicyclic amines) is 1. The van der Waals surface area contributed by atoms with Gasteiger partial charge in [0.15, 0.2) is 0 Å². The SMILES string of the molecule is CN1CCCC(CNc2cc([N+](=O)[O-])cc(Cl)n2)C1. The van der Waals surface area contributed by atoms with Crippen molar-refractivity contribution in [3.8, 4) is 0 Å². The highest BCUT2D eigenvalue weighted by atomic mass is 35.5. The van der Waals surface area contributed by atoms with Crippen molar-refractivity contribution in [2.24, 2.45) is 5.92 Å². The predicted molar refractivity (Wildman–Crippen MR) is 74.6 cm³/mol. The van der Waals surface area contributed by atoms with Crippen molar-refractivity contribution >= 4 is 23.1 Å². The Kier molecular flexibility index (Phi) is 4.55. The van der Waals surface area contributed by atoms with Gasteiger partial charge in [0.2, 0.25) is 0 Å². The van der Waals surface area contributed by atoms with Gasteiger partial charge in [0, 0.05) is 13.1 Å². The maximum Gasteiger partial charge on any atom is 0.276 e. The maximum absolute atomic E-state index is 10.7. The molecular weight excluding hydrogens is 268 g/mol. The minimum Gasteiger partial charge on any atom is -0.369 e. The van der Waals surface area contributed by atoms with Crippen LogP contribution in [0, 0.1) is 16.0 Å². The van der Waals surface area contributed by atoms with Crippen molar-refractivity contribution < 1.29 is 4.92 Å². The van der Waals surface area contributed by atoms with E-state index in [2.05, 4.69) is 22.2 Å². The summed E-state index contributed by atoms with van der Waals surface area (Å²) in [6, 6.07) is 2.67. The van der Waals surface area contributed by atoms with Crippen LogP contribution in [0.25, 0.3) is 0 Å². The van der Waals surface area contributed by atoms with E-state index < -0.39 is 4.92 Å². The number of hydrogen-bond donors (Lipinski definition) is 1. The first-order valence-electron chi connectivity index (χ1n) is 6.29. The summed E-state index contributed by atoms with van der Waals surface area (Å²) in [5.41, 5.74) is -0.0386. The Morgan fingerprint density at radius 3 is 3.11 bits per heavy atom. The largest absolute Gasteiger partial charge is 0.369 e. The molecule has 1 aromatic heterocycles. The fourth-order valence-electron chi connectivity index (χ4n) is 2.37. The summed E-state index contributed by atoms with van der Waals surface area (Å²) in [4.78, 5) is 16.6. The van der Waals surface area contributed by atoms with Gasteiger partial charge in [-0.1, -0.05) is 11.6 Å². The molecule has 1 atom stereocenters. The average molecular weight is 285 g/mol.